The second-order valence-electron chi connectivity index (χ2n) is 8.04. The van der Waals surface area contributed by atoms with Gasteiger partial charge in [0.05, 0.1) is 18.1 Å². The first-order valence-corrected chi connectivity index (χ1v) is 9.94. The number of nitrogen functional groups attached to an aromatic ring is 1. The molecule has 1 aliphatic rings. The van der Waals surface area contributed by atoms with E-state index in [0.717, 1.165) is 19.0 Å². The van der Waals surface area contributed by atoms with Crippen LogP contribution in [0.5, 0.6) is 0 Å². The molecule has 7 nitrogen and oxygen atoms in total. The molecule has 0 aromatic carbocycles. The number of hydrogen-bond acceptors (Lipinski definition) is 7. The van der Waals surface area contributed by atoms with Gasteiger partial charge in [0.2, 0.25) is 0 Å². The lowest BCUT2D eigenvalue weighted by molar-refractivity contribution is 0.158. The Labute approximate surface area is 183 Å². The van der Waals surface area contributed by atoms with Gasteiger partial charge in [0.15, 0.2) is 11.6 Å². The van der Waals surface area contributed by atoms with E-state index < -0.39 is 18.8 Å². The maximum Gasteiger partial charge on any atom is 0.256 e. The molecule has 1 fully saturated rings. The Morgan fingerprint density at radius 3 is 2.69 bits per heavy atom. The van der Waals surface area contributed by atoms with Gasteiger partial charge in [-0.1, -0.05) is 5.92 Å². The van der Waals surface area contributed by atoms with E-state index in [1.54, 1.807) is 6.07 Å². The van der Waals surface area contributed by atoms with Crippen molar-refractivity contribution in [1.82, 2.24) is 15.0 Å². The molecule has 0 amide bonds. The summed E-state index contributed by atoms with van der Waals surface area (Å²) in [7, 11) is 1.52. The zero-order valence-electron chi connectivity index (χ0n) is 17.6. The maximum absolute atomic E-state index is 14.9. The van der Waals surface area contributed by atoms with Gasteiger partial charge in [-0.05, 0) is 37.8 Å². The van der Waals surface area contributed by atoms with Crippen molar-refractivity contribution in [3.8, 4) is 11.8 Å². The number of hydrazine groups is 1. The minimum absolute atomic E-state index is 0.0166. The lowest BCUT2D eigenvalue weighted by atomic mass is 10.1. The fourth-order valence-corrected chi connectivity index (χ4v) is 3.40. The van der Waals surface area contributed by atoms with Gasteiger partial charge in [-0.25, -0.2) is 29.0 Å². The number of fused-ring (bicyclic) bond motifs is 1. The van der Waals surface area contributed by atoms with Crippen LogP contribution < -0.4 is 21.5 Å². The van der Waals surface area contributed by atoms with Crippen LogP contribution in [0.15, 0.2) is 30.7 Å². The molecule has 0 atom stereocenters. The van der Waals surface area contributed by atoms with E-state index in [4.69, 9.17) is 11.6 Å². The first-order chi connectivity index (χ1) is 15.2. The Bertz CT molecular complexity index is 1230. The monoisotopic (exact) mass is 441 g/mol. The number of aromatic nitrogens is 3. The van der Waals surface area contributed by atoms with E-state index in [2.05, 4.69) is 33.7 Å². The van der Waals surface area contributed by atoms with E-state index in [1.807, 2.05) is 0 Å². The predicted octanol–water partition coefficient (Wildman–Crippen LogP) is 3.61. The summed E-state index contributed by atoms with van der Waals surface area (Å²) in [6.45, 7) is 1.31. The van der Waals surface area contributed by atoms with Crippen LogP contribution in [-0.2, 0) is 0 Å². The molecule has 1 aliphatic carbocycles. The number of nitrogens with zero attached hydrogens (tertiary/aromatic N) is 5. The number of nitrogens with two attached hydrogens (primary N) is 2. The Balaban J connectivity index is 1.90. The average molecular weight is 441 g/mol. The average Bonchev–Trinajstić information content (AvgIpc) is 3.47. The minimum atomic E-state index is -2.73. The molecular formula is C22H22F3N7. The summed E-state index contributed by atoms with van der Waals surface area (Å²) >= 11 is 0. The zero-order valence-corrected chi connectivity index (χ0v) is 17.6. The molecule has 4 N–H and O–H groups in total. The fourth-order valence-electron chi connectivity index (χ4n) is 3.40. The molecule has 4 rings (SSSR count). The summed E-state index contributed by atoms with van der Waals surface area (Å²) in [6.07, 6.45) is 3.13. The molecule has 0 radical (unpaired) electrons. The number of pyridine rings is 3. The van der Waals surface area contributed by atoms with Gasteiger partial charge in [0.1, 0.15) is 17.2 Å². The molecule has 0 saturated heterocycles. The third-order valence-electron chi connectivity index (χ3n) is 5.32. The maximum atomic E-state index is 14.9. The second-order valence-corrected chi connectivity index (χ2v) is 8.04. The molecule has 0 spiro atoms. The van der Waals surface area contributed by atoms with Crippen LogP contribution >= 0.6 is 0 Å². The van der Waals surface area contributed by atoms with Crippen LogP contribution in [0.25, 0.3) is 10.8 Å². The van der Waals surface area contributed by atoms with Crippen molar-refractivity contribution in [2.75, 3.05) is 29.2 Å². The highest BCUT2D eigenvalue weighted by atomic mass is 19.3. The van der Waals surface area contributed by atoms with Crippen molar-refractivity contribution >= 4 is 33.8 Å². The Hall–Kier alpha value is -3.58. The van der Waals surface area contributed by atoms with Crippen LogP contribution in [0.2, 0.25) is 0 Å². The number of halogens is 3. The summed E-state index contributed by atoms with van der Waals surface area (Å²) in [6, 6.07) is 3.12. The Morgan fingerprint density at radius 2 is 2.03 bits per heavy atom. The van der Waals surface area contributed by atoms with Crippen LogP contribution in [0.3, 0.4) is 0 Å². The third kappa shape index (κ3) is 4.24. The highest BCUT2D eigenvalue weighted by Gasteiger charge is 2.35. The molecular weight excluding hydrogens is 419 g/mol. The molecule has 3 heterocycles. The van der Waals surface area contributed by atoms with Gasteiger partial charge in [-0.2, -0.15) is 0 Å². The molecule has 166 valence electrons. The third-order valence-corrected chi connectivity index (χ3v) is 5.32. The lowest BCUT2D eigenvalue weighted by Crippen LogP contribution is -2.29. The standard InChI is InChI=1S/C22H22F3N7/c1-22(6-7-22)5-3-13-9-14(4-8-29-13)32(12-17(24)25)21-18-15(10-28-11-16(18)23)19(31(2)27)20(26)30-21/h4,8-11,17H,6-7,12,27H2,1-2H3,(H2,26,30). The van der Waals surface area contributed by atoms with Crippen LogP contribution in [0, 0.1) is 23.1 Å². The molecule has 0 unspecified atom stereocenters. The first kappa shape index (κ1) is 21.6. The molecule has 1 saturated carbocycles. The van der Waals surface area contributed by atoms with Gasteiger partial charge >= 0.3 is 0 Å². The number of alkyl halides is 2. The van der Waals surface area contributed by atoms with Gasteiger partial charge in [0.25, 0.3) is 6.43 Å². The van der Waals surface area contributed by atoms with Gasteiger partial charge < -0.3 is 15.6 Å². The van der Waals surface area contributed by atoms with Crippen LogP contribution in [0.4, 0.5) is 36.2 Å². The van der Waals surface area contributed by atoms with E-state index in [0.29, 0.717) is 11.4 Å². The summed E-state index contributed by atoms with van der Waals surface area (Å²) in [5, 5.41) is 1.43. The SMILES string of the molecule is CN(N)c1c(N)nc(N(CC(F)F)c2ccnc(C#CC3(C)CC3)c2)c2c(F)cncc12. The molecule has 3 aromatic heterocycles. The summed E-state index contributed by atoms with van der Waals surface area (Å²) < 4.78 is 42.1. The van der Waals surface area contributed by atoms with E-state index in [9.17, 15) is 13.2 Å². The number of anilines is 4. The molecule has 0 aliphatic heterocycles. The number of rotatable bonds is 5. The highest BCUT2D eigenvalue weighted by molar-refractivity contribution is 6.05. The molecule has 32 heavy (non-hydrogen) atoms. The van der Waals surface area contributed by atoms with E-state index in [1.165, 1.54) is 35.4 Å². The summed E-state index contributed by atoms with van der Waals surface area (Å²) in [4.78, 5) is 13.6. The lowest BCUT2D eigenvalue weighted by Gasteiger charge is -2.27. The van der Waals surface area contributed by atoms with Crippen LogP contribution in [-0.4, -0.2) is 35.0 Å². The molecule has 3 aromatic rings. The normalized spacial score (nSPS) is 14.2. The van der Waals surface area contributed by atoms with Gasteiger partial charge in [-0.3, -0.25) is 4.98 Å². The van der Waals surface area contributed by atoms with Crippen molar-refractivity contribution in [3.05, 3.63) is 42.2 Å². The Morgan fingerprint density at radius 1 is 1.28 bits per heavy atom. The number of hydrogen-bond donors (Lipinski definition) is 2. The Kier molecular flexibility index (Phi) is 5.52. The summed E-state index contributed by atoms with van der Waals surface area (Å²) in [5.74, 6) is 11.2. The molecule has 0 bridgehead atoms. The second kappa shape index (κ2) is 8.16. The van der Waals surface area contributed by atoms with Crippen molar-refractivity contribution in [2.24, 2.45) is 11.3 Å². The minimum Gasteiger partial charge on any atom is -0.382 e. The van der Waals surface area contributed by atoms with Crippen molar-refractivity contribution in [2.45, 2.75) is 26.2 Å². The topological polar surface area (TPSA) is 97.2 Å². The van der Waals surface area contributed by atoms with Crippen molar-refractivity contribution in [3.63, 3.8) is 0 Å². The first-order valence-electron chi connectivity index (χ1n) is 9.94. The van der Waals surface area contributed by atoms with Crippen LogP contribution in [0.1, 0.15) is 25.5 Å². The quantitative estimate of drug-likeness (QED) is 0.355. The van der Waals surface area contributed by atoms with E-state index in [-0.39, 0.29) is 33.5 Å². The largest absolute Gasteiger partial charge is 0.382 e. The smallest absolute Gasteiger partial charge is 0.256 e. The zero-order chi connectivity index (χ0) is 23.0. The van der Waals surface area contributed by atoms with E-state index >= 15 is 0 Å². The fraction of sp³-hybridized carbons (Fsp3) is 0.318. The highest BCUT2D eigenvalue weighted by Crippen LogP contribution is 2.44. The molecule has 10 heteroatoms. The van der Waals surface area contributed by atoms with Gasteiger partial charge in [-0.15, -0.1) is 0 Å². The van der Waals surface area contributed by atoms with Crippen molar-refractivity contribution in [1.29, 1.82) is 0 Å². The van der Waals surface area contributed by atoms with Crippen molar-refractivity contribution < 1.29 is 13.2 Å². The summed E-state index contributed by atoms with van der Waals surface area (Å²) in [5.41, 5.74) is 7.07. The predicted molar refractivity (Wildman–Crippen MR) is 118 cm³/mol. The van der Waals surface area contributed by atoms with Gasteiger partial charge in [0, 0.05) is 35.9 Å².